The molecule has 1 fully saturated rings. The number of hydrogen-bond donors (Lipinski definition) is 2. The van der Waals surface area contributed by atoms with Crippen LogP contribution in [0.2, 0.25) is 0 Å². The number of carbonyl (C=O) groups is 1. The van der Waals surface area contributed by atoms with Gasteiger partial charge in [-0.25, -0.2) is 4.39 Å². The van der Waals surface area contributed by atoms with E-state index in [4.69, 9.17) is 4.74 Å². The summed E-state index contributed by atoms with van der Waals surface area (Å²) in [6, 6.07) is 6.02. The predicted octanol–water partition coefficient (Wildman–Crippen LogP) is -0.130. The lowest BCUT2D eigenvalue weighted by Gasteiger charge is -2.23. The van der Waals surface area contributed by atoms with Crippen LogP contribution in [0.15, 0.2) is 30.3 Å². The minimum absolute atomic E-state index is 0.123. The zero-order chi connectivity index (χ0) is 14.2. The van der Waals surface area contributed by atoms with Gasteiger partial charge in [0.15, 0.2) is 0 Å². The Bertz CT molecular complexity index is 453. The van der Waals surface area contributed by atoms with Crippen LogP contribution in [-0.4, -0.2) is 45.3 Å². The minimum Gasteiger partial charge on any atom is -0.370 e. The van der Waals surface area contributed by atoms with Crippen molar-refractivity contribution in [2.75, 3.05) is 39.4 Å². The molecule has 108 valence electrons. The van der Waals surface area contributed by atoms with Gasteiger partial charge in [-0.15, -0.1) is 0 Å². The van der Waals surface area contributed by atoms with E-state index in [2.05, 4.69) is 5.32 Å². The van der Waals surface area contributed by atoms with Crippen molar-refractivity contribution in [2.24, 2.45) is 0 Å². The molecule has 1 heterocycles. The van der Waals surface area contributed by atoms with Crippen LogP contribution in [-0.2, 0) is 9.53 Å². The summed E-state index contributed by atoms with van der Waals surface area (Å²) in [7, 11) is 0. The summed E-state index contributed by atoms with van der Waals surface area (Å²) in [5, 5.41) is 2.85. The standard InChI is InChI=1S/C15H19FN2O2/c16-14-4-1-13(2-5-14)3-6-15(19)17-7-8-18-9-11-20-12-10-18/h1-6H,7-12H2,(H,17,19)/p+1. The number of carbonyl (C=O) groups excluding carboxylic acids is 1. The third kappa shape index (κ3) is 5.11. The molecular weight excluding hydrogens is 259 g/mol. The van der Waals surface area contributed by atoms with E-state index >= 15 is 0 Å². The number of morpholine rings is 1. The first-order chi connectivity index (χ1) is 9.74. The highest BCUT2D eigenvalue weighted by atomic mass is 19.1. The molecule has 0 saturated carbocycles. The monoisotopic (exact) mass is 279 g/mol. The van der Waals surface area contributed by atoms with Crippen molar-refractivity contribution in [3.63, 3.8) is 0 Å². The van der Waals surface area contributed by atoms with Crippen LogP contribution in [0.1, 0.15) is 5.56 Å². The molecule has 1 aromatic carbocycles. The summed E-state index contributed by atoms with van der Waals surface area (Å²) < 4.78 is 18.0. The molecule has 1 amide bonds. The molecule has 0 atom stereocenters. The van der Waals surface area contributed by atoms with Crippen molar-refractivity contribution in [2.45, 2.75) is 0 Å². The predicted molar refractivity (Wildman–Crippen MR) is 74.8 cm³/mol. The van der Waals surface area contributed by atoms with Crippen molar-refractivity contribution < 1.29 is 18.8 Å². The van der Waals surface area contributed by atoms with E-state index in [1.165, 1.54) is 23.1 Å². The van der Waals surface area contributed by atoms with Gasteiger partial charge in [0.25, 0.3) is 0 Å². The Balaban J connectivity index is 1.68. The van der Waals surface area contributed by atoms with E-state index in [0.29, 0.717) is 6.54 Å². The van der Waals surface area contributed by atoms with Crippen LogP contribution >= 0.6 is 0 Å². The largest absolute Gasteiger partial charge is 0.370 e. The molecule has 0 unspecified atom stereocenters. The minimum atomic E-state index is -0.278. The summed E-state index contributed by atoms with van der Waals surface area (Å²) >= 11 is 0. The van der Waals surface area contributed by atoms with Gasteiger partial charge in [0.1, 0.15) is 18.9 Å². The van der Waals surface area contributed by atoms with Gasteiger partial charge in [-0.05, 0) is 23.8 Å². The lowest BCUT2D eigenvalue weighted by Crippen LogP contribution is -3.14. The van der Waals surface area contributed by atoms with E-state index in [1.54, 1.807) is 18.2 Å². The van der Waals surface area contributed by atoms with E-state index in [9.17, 15) is 9.18 Å². The van der Waals surface area contributed by atoms with Gasteiger partial charge in [-0.3, -0.25) is 4.79 Å². The fraction of sp³-hybridized carbons (Fsp3) is 0.400. The average molecular weight is 279 g/mol. The Labute approximate surface area is 118 Å². The third-order valence-electron chi connectivity index (χ3n) is 3.27. The molecule has 4 nitrogen and oxygen atoms in total. The fourth-order valence-electron chi connectivity index (χ4n) is 2.08. The topological polar surface area (TPSA) is 42.8 Å². The van der Waals surface area contributed by atoms with Crippen LogP contribution < -0.4 is 10.2 Å². The third-order valence-corrected chi connectivity index (χ3v) is 3.27. The van der Waals surface area contributed by atoms with Crippen LogP contribution in [0.3, 0.4) is 0 Å². The quantitative estimate of drug-likeness (QED) is 0.738. The van der Waals surface area contributed by atoms with Gasteiger partial charge < -0.3 is 15.0 Å². The Morgan fingerprint density at radius 3 is 2.70 bits per heavy atom. The first-order valence-electron chi connectivity index (χ1n) is 6.87. The maximum atomic E-state index is 12.7. The molecule has 1 aromatic rings. The second-order valence-corrected chi connectivity index (χ2v) is 4.79. The van der Waals surface area contributed by atoms with E-state index < -0.39 is 0 Å². The lowest BCUT2D eigenvalue weighted by molar-refractivity contribution is -0.906. The number of nitrogens with one attached hydrogen (secondary N) is 2. The SMILES string of the molecule is O=C(C=Cc1ccc(F)cc1)NCC[NH+]1CCOCC1. The molecule has 20 heavy (non-hydrogen) atoms. The van der Waals surface area contributed by atoms with Crippen LogP contribution in [0.4, 0.5) is 4.39 Å². The van der Waals surface area contributed by atoms with Crippen molar-refractivity contribution in [1.29, 1.82) is 0 Å². The fourth-order valence-corrected chi connectivity index (χ4v) is 2.08. The van der Waals surface area contributed by atoms with Crippen LogP contribution in [0, 0.1) is 5.82 Å². The number of ether oxygens (including phenoxy) is 1. The maximum absolute atomic E-state index is 12.7. The smallest absolute Gasteiger partial charge is 0.244 e. The number of quaternary nitrogens is 1. The van der Waals surface area contributed by atoms with Gasteiger partial charge >= 0.3 is 0 Å². The molecule has 1 saturated heterocycles. The molecule has 0 radical (unpaired) electrons. The summed E-state index contributed by atoms with van der Waals surface area (Å²) in [4.78, 5) is 13.1. The van der Waals surface area contributed by atoms with Crippen molar-refractivity contribution in [3.8, 4) is 0 Å². The normalized spacial score (nSPS) is 16.4. The number of halogens is 1. The molecular formula is C15H20FN2O2+. The van der Waals surface area contributed by atoms with Gasteiger partial charge in [0.2, 0.25) is 5.91 Å². The van der Waals surface area contributed by atoms with Crippen molar-refractivity contribution >= 4 is 12.0 Å². The Kier molecular flexibility index (Phi) is 5.70. The zero-order valence-electron chi connectivity index (χ0n) is 11.4. The first kappa shape index (κ1) is 14.7. The molecule has 2 N–H and O–H groups in total. The molecule has 2 rings (SSSR count). The Morgan fingerprint density at radius 1 is 1.30 bits per heavy atom. The molecule has 0 aliphatic carbocycles. The molecule has 0 spiro atoms. The maximum Gasteiger partial charge on any atom is 0.244 e. The number of hydrogen-bond acceptors (Lipinski definition) is 2. The van der Waals surface area contributed by atoms with E-state index in [0.717, 1.165) is 38.4 Å². The van der Waals surface area contributed by atoms with Crippen LogP contribution in [0.25, 0.3) is 6.08 Å². The lowest BCUT2D eigenvalue weighted by atomic mass is 10.2. The van der Waals surface area contributed by atoms with Gasteiger partial charge in [-0.2, -0.15) is 0 Å². The van der Waals surface area contributed by atoms with Crippen molar-refractivity contribution in [3.05, 3.63) is 41.7 Å². The van der Waals surface area contributed by atoms with Gasteiger partial charge in [0.05, 0.1) is 26.3 Å². The second-order valence-electron chi connectivity index (χ2n) is 4.79. The number of rotatable bonds is 5. The Morgan fingerprint density at radius 2 is 2.00 bits per heavy atom. The first-order valence-corrected chi connectivity index (χ1v) is 6.87. The molecule has 1 aliphatic rings. The summed E-state index contributed by atoms with van der Waals surface area (Å²) in [5.41, 5.74) is 0.806. The molecule has 0 bridgehead atoms. The molecule has 5 heteroatoms. The summed E-state index contributed by atoms with van der Waals surface area (Å²) in [6.07, 6.45) is 3.15. The highest BCUT2D eigenvalue weighted by Gasteiger charge is 2.12. The second kappa shape index (κ2) is 7.77. The average Bonchev–Trinajstić information content (AvgIpc) is 2.48. The van der Waals surface area contributed by atoms with Crippen molar-refractivity contribution in [1.82, 2.24) is 5.32 Å². The molecule has 0 aromatic heterocycles. The zero-order valence-corrected chi connectivity index (χ0v) is 11.4. The van der Waals surface area contributed by atoms with Crippen LogP contribution in [0.5, 0.6) is 0 Å². The molecule has 1 aliphatic heterocycles. The summed E-state index contributed by atoms with van der Waals surface area (Å²) in [5.74, 6) is -0.401. The highest BCUT2D eigenvalue weighted by molar-refractivity contribution is 5.91. The van der Waals surface area contributed by atoms with E-state index in [1.807, 2.05) is 0 Å². The van der Waals surface area contributed by atoms with E-state index in [-0.39, 0.29) is 11.7 Å². The van der Waals surface area contributed by atoms with Gasteiger partial charge in [-0.1, -0.05) is 12.1 Å². The van der Waals surface area contributed by atoms with Gasteiger partial charge in [0, 0.05) is 6.08 Å². The number of benzene rings is 1. The summed E-state index contributed by atoms with van der Waals surface area (Å²) in [6.45, 7) is 5.17. The highest BCUT2D eigenvalue weighted by Crippen LogP contribution is 2.04. The number of amides is 1. The Hall–Kier alpha value is -1.72.